The Bertz CT molecular complexity index is 1240. The molecule has 0 aliphatic heterocycles. The molecule has 3 aromatic heterocycles. The van der Waals surface area contributed by atoms with E-state index in [1.165, 1.54) is 11.8 Å². The molecule has 8 nitrogen and oxygen atoms in total. The van der Waals surface area contributed by atoms with Crippen molar-refractivity contribution >= 4 is 34.2 Å². The number of ether oxygens (including phenoxy) is 1. The number of nitrogens with zero attached hydrogens (tertiary/aromatic N) is 5. The topological polar surface area (TPSA) is 83.4 Å². The van der Waals surface area contributed by atoms with Gasteiger partial charge in [0.25, 0.3) is 5.56 Å². The van der Waals surface area contributed by atoms with E-state index in [2.05, 4.69) is 10.2 Å². The Morgan fingerprint density at radius 3 is 2.76 bits per heavy atom. The zero-order valence-electron chi connectivity index (χ0n) is 16.2. The summed E-state index contributed by atoms with van der Waals surface area (Å²) in [5.74, 6) is 0.714. The summed E-state index contributed by atoms with van der Waals surface area (Å²) in [6.07, 6.45) is 2.53. The van der Waals surface area contributed by atoms with Gasteiger partial charge >= 0.3 is 0 Å². The Morgan fingerprint density at radius 2 is 2.00 bits per heavy atom. The van der Waals surface area contributed by atoms with Gasteiger partial charge in [0.05, 0.1) is 22.3 Å². The van der Waals surface area contributed by atoms with Gasteiger partial charge in [0.1, 0.15) is 0 Å². The standard InChI is InChI=1S/C20H21N5O3S/c1-23-10-5-9-16(23)17(26)13-29-20-22-21-19-24(11-6-12-28-2)18(27)14-7-3-4-8-15(14)25(19)20/h3-5,7-10H,6,11-13H2,1-2H3. The third-order valence-corrected chi connectivity index (χ3v) is 5.70. The van der Waals surface area contributed by atoms with Crippen molar-refractivity contribution in [2.75, 3.05) is 19.5 Å². The summed E-state index contributed by atoms with van der Waals surface area (Å²) >= 11 is 1.32. The van der Waals surface area contributed by atoms with Crippen LogP contribution in [0.25, 0.3) is 16.7 Å². The highest BCUT2D eigenvalue weighted by Gasteiger charge is 2.18. The van der Waals surface area contributed by atoms with Gasteiger partial charge in [-0.1, -0.05) is 23.9 Å². The summed E-state index contributed by atoms with van der Waals surface area (Å²) in [7, 11) is 3.48. The summed E-state index contributed by atoms with van der Waals surface area (Å²) in [4.78, 5) is 25.5. The predicted molar refractivity (Wildman–Crippen MR) is 112 cm³/mol. The molecule has 0 N–H and O–H groups in total. The minimum atomic E-state index is -0.104. The van der Waals surface area contributed by atoms with Crippen LogP contribution in [0.5, 0.6) is 0 Å². The maximum absolute atomic E-state index is 13.0. The Hall–Kier alpha value is -2.91. The second-order valence-corrected chi connectivity index (χ2v) is 7.60. The SMILES string of the molecule is COCCCn1c(=O)c2ccccc2n2c(SCC(=O)c3cccn3C)nnc12. The van der Waals surface area contributed by atoms with Crippen LogP contribution < -0.4 is 5.56 Å². The van der Waals surface area contributed by atoms with Crippen LogP contribution in [-0.4, -0.2) is 49.0 Å². The molecule has 0 unspecified atom stereocenters. The summed E-state index contributed by atoms with van der Waals surface area (Å²) in [6.45, 7) is 1.03. The molecule has 0 spiro atoms. The second-order valence-electron chi connectivity index (χ2n) is 6.65. The van der Waals surface area contributed by atoms with Crippen LogP contribution in [0.15, 0.2) is 52.5 Å². The Balaban J connectivity index is 1.75. The van der Waals surface area contributed by atoms with Crippen molar-refractivity contribution in [1.29, 1.82) is 0 Å². The number of aromatic nitrogens is 5. The molecule has 0 aliphatic carbocycles. The molecule has 0 saturated heterocycles. The highest BCUT2D eigenvalue weighted by molar-refractivity contribution is 7.99. The van der Waals surface area contributed by atoms with Crippen LogP contribution >= 0.6 is 11.8 Å². The van der Waals surface area contributed by atoms with E-state index in [1.807, 2.05) is 41.9 Å². The van der Waals surface area contributed by atoms with Gasteiger partial charge in [0.15, 0.2) is 10.9 Å². The highest BCUT2D eigenvalue weighted by Crippen LogP contribution is 2.22. The number of ketones is 1. The molecule has 0 radical (unpaired) electrons. The van der Waals surface area contributed by atoms with Gasteiger partial charge in [-0.3, -0.25) is 18.6 Å². The van der Waals surface area contributed by atoms with Crippen molar-refractivity contribution in [2.45, 2.75) is 18.1 Å². The maximum atomic E-state index is 13.0. The first-order valence-corrected chi connectivity index (χ1v) is 10.2. The van der Waals surface area contributed by atoms with Crippen molar-refractivity contribution in [3.05, 3.63) is 58.6 Å². The highest BCUT2D eigenvalue weighted by atomic mass is 32.2. The maximum Gasteiger partial charge on any atom is 0.262 e. The van der Waals surface area contributed by atoms with Crippen molar-refractivity contribution in [2.24, 2.45) is 7.05 Å². The van der Waals surface area contributed by atoms with E-state index in [4.69, 9.17) is 4.74 Å². The quantitative estimate of drug-likeness (QED) is 0.252. The van der Waals surface area contributed by atoms with Crippen molar-refractivity contribution in [3.63, 3.8) is 0 Å². The molecule has 0 saturated carbocycles. The third-order valence-electron chi connectivity index (χ3n) is 4.77. The van der Waals surface area contributed by atoms with E-state index in [-0.39, 0.29) is 17.1 Å². The number of Topliss-reactive ketones (excluding diaryl/α,β-unsaturated/α-hetero) is 1. The summed E-state index contributed by atoms with van der Waals surface area (Å²) in [5.41, 5.74) is 1.27. The van der Waals surface area contributed by atoms with Gasteiger partial charge in [-0.15, -0.1) is 10.2 Å². The molecule has 0 fully saturated rings. The second kappa shape index (κ2) is 8.22. The molecule has 150 valence electrons. The summed E-state index contributed by atoms with van der Waals surface area (Å²) in [6, 6.07) is 11.0. The van der Waals surface area contributed by atoms with Crippen molar-refractivity contribution < 1.29 is 9.53 Å². The molecule has 4 aromatic rings. The smallest absolute Gasteiger partial charge is 0.262 e. The van der Waals surface area contributed by atoms with E-state index in [0.29, 0.717) is 41.6 Å². The lowest BCUT2D eigenvalue weighted by atomic mass is 10.2. The van der Waals surface area contributed by atoms with Gasteiger partial charge in [-0.2, -0.15) is 0 Å². The minimum Gasteiger partial charge on any atom is -0.385 e. The molecule has 0 aliphatic rings. The number of carbonyl (C=O) groups excluding carboxylic acids is 1. The molecular formula is C20H21N5O3S. The summed E-state index contributed by atoms with van der Waals surface area (Å²) < 4.78 is 10.4. The molecule has 4 rings (SSSR count). The number of aryl methyl sites for hydroxylation is 2. The van der Waals surface area contributed by atoms with Crippen LogP contribution in [0.1, 0.15) is 16.9 Å². The van der Waals surface area contributed by atoms with Crippen LogP contribution in [0.4, 0.5) is 0 Å². The average Bonchev–Trinajstić information content (AvgIpc) is 3.35. The molecular weight excluding hydrogens is 390 g/mol. The number of methoxy groups -OCH3 is 1. The normalized spacial score (nSPS) is 11.5. The fourth-order valence-corrected chi connectivity index (χ4v) is 4.17. The monoisotopic (exact) mass is 411 g/mol. The molecule has 29 heavy (non-hydrogen) atoms. The van der Waals surface area contributed by atoms with Gasteiger partial charge in [-0.25, -0.2) is 0 Å². The Kier molecular flexibility index (Phi) is 5.50. The van der Waals surface area contributed by atoms with E-state index in [1.54, 1.807) is 28.4 Å². The number of carbonyl (C=O) groups is 1. The van der Waals surface area contributed by atoms with Gasteiger partial charge < -0.3 is 9.30 Å². The molecule has 0 amide bonds. The number of para-hydroxylation sites is 1. The zero-order chi connectivity index (χ0) is 20.4. The van der Waals surface area contributed by atoms with E-state index in [9.17, 15) is 9.59 Å². The fourth-order valence-electron chi connectivity index (χ4n) is 3.35. The zero-order valence-corrected chi connectivity index (χ0v) is 17.1. The summed E-state index contributed by atoms with van der Waals surface area (Å²) in [5, 5.41) is 9.71. The van der Waals surface area contributed by atoms with Crippen molar-refractivity contribution in [1.82, 2.24) is 23.7 Å². The lowest BCUT2D eigenvalue weighted by Gasteiger charge is -2.11. The first-order valence-electron chi connectivity index (χ1n) is 9.24. The number of thioether (sulfide) groups is 1. The van der Waals surface area contributed by atoms with Crippen LogP contribution in [0, 0.1) is 0 Å². The van der Waals surface area contributed by atoms with E-state index >= 15 is 0 Å². The van der Waals surface area contributed by atoms with Gasteiger partial charge in [-0.05, 0) is 30.7 Å². The van der Waals surface area contributed by atoms with Crippen LogP contribution in [-0.2, 0) is 18.3 Å². The third kappa shape index (κ3) is 3.58. The minimum absolute atomic E-state index is 0.0111. The van der Waals surface area contributed by atoms with Crippen LogP contribution in [0.3, 0.4) is 0 Å². The van der Waals surface area contributed by atoms with Gasteiger partial charge in [0.2, 0.25) is 5.78 Å². The fraction of sp³-hybridized carbons (Fsp3) is 0.300. The lowest BCUT2D eigenvalue weighted by Crippen LogP contribution is -2.24. The van der Waals surface area contributed by atoms with Gasteiger partial charge in [0, 0.05) is 33.5 Å². The van der Waals surface area contributed by atoms with Crippen LogP contribution in [0.2, 0.25) is 0 Å². The lowest BCUT2D eigenvalue weighted by molar-refractivity contribution is 0.101. The Labute approximate surface area is 171 Å². The Morgan fingerprint density at radius 1 is 1.17 bits per heavy atom. The largest absolute Gasteiger partial charge is 0.385 e. The van der Waals surface area contributed by atoms with Crippen molar-refractivity contribution in [3.8, 4) is 0 Å². The molecule has 1 aromatic carbocycles. The average molecular weight is 411 g/mol. The predicted octanol–water partition coefficient (Wildman–Crippen LogP) is 2.39. The number of hydrogen-bond acceptors (Lipinski definition) is 6. The number of hydrogen-bond donors (Lipinski definition) is 0. The number of rotatable bonds is 8. The number of fused-ring (bicyclic) bond motifs is 3. The van der Waals surface area contributed by atoms with E-state index < -0.39 is 0 Å². The van der Waals surface area contributed by atoms with E-state index in [0.717, 1.165) is 5.52 Å². The first kappa shape index (κ1) is 19.4. The number of benzene rings is 1. The molecule has 0 bridgehead atoms. The molecule has 0 atom stereocenters. The first-order chi connectivity index (χ1) is 14.1. The molecule has 3 heterocycles. The molecule has 9 heteroatoms.